The van der Waals surface area contributed by atoms with Crippen molar-refractivity contribution in [3.05, 3.63) is 120 Å². The van der Waals surface area contributed by atoms with Crippen LogP contribution in [0.5, 0.6) is 0 Å². The number of fused-ring (bicyclic) bond motifs is 6. The monoisotopic (exact) mass is 411 g/mol. The molecule has 1 atom stereocenters. The molecule has 152 valence electrons. The number of nitrogens with zero attached hydrogens (tertiary/aromatic N) is 1. The number of hydrogen-bond donors (Lipinski definition) is 0. The van der Waals surface area contributed by atoms with Crippen molar-refractivity contribution in [3.8, 4) is 5.69 Å². The number of furan rings is 1. The van der Waals surface area contributed by atoms with Crippen LogP contribution < -0.4 is 0 Å². The van der Waals surface area contributed by atoms with E-state index in [0.29, 0.717) is 5.92 Å². The van der Waals surface area contributed by atoms with Gasteiger partial charge in [0, 0.05) is 39.0 Å². The molecule has 0 N–H and O–H groups in total. The van der Waals surface area contributed by atoms with Crippen molar-refractivity contribution in [2.75, 3.05) is 0 Å². The van der Waals surface area contributed by atoms with Gasteiger partial charge in [0.2, 0.25) is 0 Å². The minimum absolute atomic E-state index is 0.380. The molecule has 1 aliphatic rings. The van der Waals surface area contributed by atoms with Gasteiger partial charge in [-0.3, -0.25) is 0 Å². The fourth-order valence-electron chi connectivity index (χ4n) is 5.27. The summed E-state index contributed by atoms with van der Waals surface area (Å²) in [5.74, 6) is 0.380. The van der Waals surface area contributed by atoms with Gasteiger partial charge in [-0.05, 0) is 42.3 Å². The van der Waals surface area contributed by atoms with Crippen molar-refractivity contribution in [3.63, 3.8) is 0 Å². The van der Waals surface area contributed by atoms with Gasteiger partial charge < -0.3 is 8.98 Å². The zero-order valence-corrected chi connectivity index (χ0v) is 17.5. The van der Waals surface area contributed by atoms with E-state index in [-0.39, 0.29) is 0 Å². The van der Waals surface area contributed by atoms with Crippen LogP contribution in [0.25, 0.3) is 44.6 Å². The van der Waals surface area contributed by atoms with Crippen LogP contribution in [0.1, 0.15) is 22.7 Å². The van der Waals surface area contributed by atoms with Crippen LogP contribution in [0.4, 0.5) is 0 Å². The van der Waals surface area contributed by atoms with Crippen molar-refractivity contribution in [1.82, 2.24) is 4.57 Å². The topological polar surface area (TPSA) is 18.1 Å². The van der Waals surface area contributed by atoms with Crippen molar-refractivity contribution < 1.29 is 4.42 Å². The fraction of sp³-hybridized carbons (Fsp3) is 0.0667. The molecule has 0 spiro atoms. The second-order valence-electron chi connectivity index (χ2n) is 8.57. The number of aromatic nitrogens is 1. The lowest BCUT2D eigenvalue weighted by molar-refractivity contribution is 0.669. The van der Waals surface area contributed by atoms with Gasteiger partial charge in [0.1, 0.15) is 11.2 Å². The van der Waals surface area contributed by atoms with E-state index in [9.17, 15) is 0 Å². The van der Waals surface area contributed by atoms with Crippen LogP contribution in [0.3, 0.4) is 0 Å². The molecule has 0 bridgehead atoms. The molecule has 6 aromatic rings. The van der Waals surface area contributed by atoms with Crippen LogP contribution in [0.15, 0.2) is 108 Å². The summed E-state index contributed by atoms with van der Waals surface area (Å²) < 4.78 is 8.53. The molecule has 2 heteroatoms. The van der Waals surface area contributed by atoms with Gasteiger partial charge in [0.15, 0.2) is 0 Å². The lowest BCUT2D eigenvalue weighted by Gasteiger charge is -2.20. The number of hydrogen-bond acceptors (Lipinski definition) is 1. The van der Waals surface area contributed by atoms with Crippen LogP contribution in [0.2, 0.25) is 0 Å². The zero-order chi connectivity index (χ0) is 21.1. The van der Waals surface area contributed by atoms with E-state index in [1.807, 2.05) is 12.1 Å². The first-order chi connectivity index (χ1) is 15.9. The molecule has 4 aromatic carbocycles. The highest BCUT2D eigenvalue weighted by Crippen LogP contribution is 2.39. The summed E-state index contributed by atoms with van der Waals surface area (Å²) >= 11 is 0. The van der Waals surface area contributed by atoms with Crippen LogP contribution in [-0.4, -0.2) is 4.57 Å². The van der Waals surface area contributed by atoms with Gasteiger partial charge in [-0.25, -0.2) is 0 Å². The molecule has 0 amide bonds. The van der Waals surface area contributed by atoms with E-state index >= 15 is 0 Å². The third-order valence-corrected chi connectivity index (χ3v) is 6.77. The molecule has 2 nitrogen and oxygen atoms in total. The summed E-state index contributed by atoms with van der Waals surface area (Å²) in [4.78, 5) is 0. The molecule has 2 aromatic heterocycles. The maximum absolute atomic E-state index is 6.08. The number of rotatable bonds is 2. The lowest BCUT2D eigenvalue weighted by Crippen LogP contribution is -2.09. The summed E-state index contributed by atoms with van der Waals surface area (Å²) in [5.41, 5.74) is 8.38. The molecule has 32 heavy (non-hydrogen) atoms. The summed E-state index contributed by atoms with van der Waals surface area (Å²) in [6.07, 6.45) is 5.66. The Labute approximate surface area is 186 Å². The Morgan fingerprint density at radius 2 is 1.44 bits per heavy atom. The average Bonchev–Trinajstić information content (AvgIpc) is 3.39. The highest BCUT2D eigenvalue weighted by Gasteiger charge is 2.23. The van der Waals surface area contributed by atoms with Crippen LogP contribution in [-0.2, 0) is 6.42 Å². The molecule has 1 aliphatic carbocycles. The third kappa shape index (κ3) is 2.53. The molecular weight excluding hydrogens is 390 g/mol. The van der Waals surface area contributed by atoms with Crippen LogP contribution >= 0.6 is 0 Å². The van der Waals surface area contributed by atoms with E-state index in [2.05, 4.69) is 102 Å². The van der Waals surface area contributed by atoms with E-state index in [4.69, 9.17) is 4.42 Å². The molecule has 0 aliphatic heterocycles. The highest BCUT2D eigenvalue weighted by atomic mass is 16.3. The second kappa shape index (κ2) is 6.73. The lowest BCUT2D eigenvalue weighted by atomic mass is 9.88. The first-order valence-electron chi connectivity index (χ1n) is 11.1. The summed E-state index contributed by atoms with van der Waals surface area (Å²) in [7, 11) is 0. The fourth-order valence-corrected chi connectivity index (χ4v) is 5.27. The van der Waals surface area contributed by atoms with E-state index in [0.717, 1.165) is 28.4 Å². The predicted molar refractivity (Wildman–Crippen MR) is 132 cm³/mol. The van der Waals surface area contributed by atoms with Gasteiger partial charge in [-0.1, -0.05) is 78.9 Å². The van der Waals surface area contributed by atoms with Gasteiger partial charge in [0.05, 0.1) is 5.52 Å². The molecule has 1 unspecified atom stereocenters. The maximum atomic E-state index is 6.08. The van der Waals surface area contributed by atoms with E-state index in [1.165, 1.54) is 33.4 Å². The Bertz CT molecular complexity index is 1650. The van der Waals surface area contributed by atoms with Gasteiger partial charge >= 0.3 is 0 Å². The molecule has 2 heterocycles. The third-order valence-electron chi connectivity index (χ3n) is 6.77. The van der Waals surface area contributed by atoms with Crippen molar-refractivity contribution >= 4 is 38.9 Å². The minimum atomic E-state index is 0.380. The highest BCUT2D eigenvalue weighted by molar-refractivity contribution is 6.06. The van der Waals surface area contributed by atoms with Crippen molar-refractivity contribution in [2.45, 2.75) is 12.3 Å². The predicted octanol–water partition coefficient (Wildman–Crippen LogP) is 7.88. The van der Waals surface area contributed by atoms with Crippen molar-refractivity contribution in [1.29, 1.82) is 0 Å². The van der Waals surface area contributed by atoms with Gasteiger partial charge in [-0.15, -0.1) is 0 Å². The number of allylic oxidation sites excluding steroid dienone is 1. The molecule has 7 rings (SSSR count). The first kappa shape index (κ1) is 17.6. The molecule has 0 saturated heterocycles. The maximum Gasteiger partial charge on any atom is 0.135 e. The summed E-state index contributed by atoms with van der Waals surface area (Å²) in [5, 5.41) is 3.63. The molecule has 0 fully saturated rings. The Hall–Kier alpha value is -4.04. The summed E-state index contributed by atoms with van der Waals surface area (Å²) in [6, 6.07) is 34.4. The molecule has 0 saturated carbocycles. The van der Waals surface area contributed by atoms with Crippen molar-refractivity contribution in [2.24, 2.45) is 0 Å². The Kier molecular flexibility index (Phi) is 3.71. The van der Waals surface area contributed by atoms with Gasteiger partial charge in [0.25, 0.3) is 0 Å². The Balaban J connectivity index is 1.47. The Morgan fingerprint density at radius 1 is 0.688 bits per heavy atom. The minimum Gasteiger partial charge on any atom is -0.456 e. The Morgan fingerprint density at radius 3 is 2.34 bits per heavy atom. The summed E-state index contributed by atoms with van der Waals surface area (Å²) in [6.45, 7) is 0. The SMILES string of the molecule is C1=CC(c2ccccc2)Cc2c1c1ccccc1n2-c1ccc2oc3ccccc3c2c1. The molecule has 0 radical (unpaired) electrons. The van der Waals surface area contributed by atoms with Gasteiger partial charge in [-0.2, -0.15) is 0 Å². The average molecular weight is 412 g/mol. The zero-order valence-electron chi connectivity index (χ0n) is 17.5. The largest absolute Gasteiger partial charge is 0.456 e. The quantitative estimate of drug-likeness (QED) is 0.283. The molecular formula is C30H21NO. The van der Waals surface area contributed by atoms with E-state index in [1.54, 1.807) is 0 Å². The van der Waals surface area contributed by atoms with E-state index < -0.39 is 0 Å². The number of para-hydroxylation sites is 2. The normalized spacial score (nSPS) is 15.6. The second-order valence-corrected chi connectivity index (χ2v) is 8.57. The first-order valence-corrected chi connectivity index (χ1v) is 11.1. The standard InChI is InChI=1S/C30H21NO/c1-2-8-20(9-3-1)21-14-16-24-23-10-4-6-12-27(23)31(28(24)18-21)22-15-17-30-26(19-22)25-11-5-7-13-29(25)32-30/h1-17,19,21H,18H2. The number of benzene rings is 4. The van der Waals surface area contributed by atoms with Crippen LogP contribution in [0, 0.1) is 0 Å². The smallest absolute Gasteiger partial charge is 0.135 e.